The number of nitrogens with one attached hydrogen (secondary N) is 1. The summed E-state index contributed by atoms with van der Waals surface area (Å²) in [5, 5.41) is 1.79. The van der Waals surface area contributed by atoms with Gasteiger partial charge in [-0.3, -0.25) is 9.59 Å². The van der Waals surface area contributed by atoms with Crippen molar-refractivity contribution >= 4 is 40.0 Å². The van der Waals surface area contributed by atoms with Crippen LogP contribution >= 0.6 is 11.6 Å². The Morgan fingerprint density at radius 2 is 1.72 bits per heavy atom. The summed E-state index contributed by atoms with van der Waals surface area (Å²) >= 11 is 6.16. The normalized spacial score (nSPS) is 17.7. The maximum Gasteiger partial charge on any atom is 0.255 e. The molecule has 3 aromatic carbocycles. The Labute approximate surface area is 215 Å². The van der Waals surface area contributed by atoms with E-state index in [9.17, 15) is 9.59 Å². The second-order valence-electron chi connectivity index (χ2n) is 9.48. The molecule has 3 heterocycles. The van der Waals surface area contributed by atoms with Crippen molar-refractivity contribution in [2.45, 2.75) is 13.0 Å². The zero-order chi connectivity index (χ0) is 24.8. The zero-order valence-electron chi connectivity index (χ0n) is 20.1. The number of aromatic amines is 1. The number of H-pyrrole nitrogens is 1. The van der Waals surface area contributed by atoms with Gasteiger partial charge < -0.3 is 19.7 Å². The molecule has 2 amide bonds. The SMILES string of the molecule is Cc1[nH]c2ccccc2c1[C@H]1c2ccccc2C(=O)N1CC(=O)N1CCN(c2cccc(Cl)c2)CC1. The average Bonchev–Trinajstić information content (AvgIpc) is 3.37. The predicted molar refractivity (Wildman–Crippen MR) is 143 cm³/mol. The number of benzene rings is 3. The molecule has 1 atom stereocenters. The van der Waals surface area contributed by atoms with Crippen molar-refractivity contribution < 1.29 is 9.59 Å². The molecule has 6 nitrogen and oxygen atoms in total. The van der Waals surface area contributed by atoms with E-state index in [1.807, 2.05) is 78.6 Å². The van der Waals surface area contributed by atoms with Crippen LogP contribution in [0.5, 0.6) is 0 Å². The van der Waals surface area contributed by atoms with E-state index in [2.05, 4.69) is 16.0 Å². The predicted octanol–water partition coefficient (Wildman–Crippen LogP) is 5.02. The number of aryl methyl sites for hydroxylation is 1. The third-order valence-electron chi connectivity index (χ3n) is 7.39. The van der Waals surface area contributed by atoms with Gasteiger partial charge in [0.1, 0.15) is 6.54 Å². The van der Waals surface area contributed by atoms with Crippen molar-refractivity contribution in [3.8, 4) is 0 Å². The Kier molecular flexibility index (Phi) is 5.69. The highest BCUT2D eigenvalue weighted by atomic mass is 35.5. The number of hydrogen-bond acceptors (Lipinski definition) is 3. The largest absolute Gasteiger partial charge is 0.368 e. The molecule has 6 rings (SSSR count). The van der Waals surface area contributed by atoms with Crippen LogP contribution in [-0.4, -0.2) is 59.3 Å². The second-order valence-corrected chi connectivity index (χ2v) is 9.92. The van der Waals surface area contributed by atoms with Gasteiger partial charge in [-0.2, -0.15) is 0 Å². The second kappa shape index (κ2) is 9.03. The molecule has 7 heteroatoms. The van der Waals surface area contributed by atoms with E-state index in [1.165, 1.54) is 0 Å². The lowest BCUT2D eigenvalue weighted by molar-refractivity contribution is -0.132. The Morgan fingerprint density at radius 3 is 2.53 bits per heavy atom. The molecule has 1 N–H and O–H groups in total. The van der Waals surface area contributed by atoms with Crippen molar-refractivity contribution in [3.63, 3.8) is 0 Å². The number of piperazine rings is 1. The average molecular weight is 499 g/mol. The van der Waals surface area contributed by atoms with Gasteiger partial charge in [0, 0.05) is 64.6 Å². The number of hydrogen-bond donors (Lipinski definition) is 1. The Morgan fingerprint density at radius 1 is 0.972 bits per heavy atom. The first-order valence-corrected chi connectivity index (χ1v) is 12.6. The summed E-state index contributed by atoms with van der Waals surface area (Å²) in [4.78, 5) is 36.4. The first-order valence-electron chi connectivity index (χ1n) is 12.3. The number of fused-ring (bicyclic) bond motifs is 2. The molecule has 2 aliphatic heterocycles. The van der Waals surface area contributed by atoms with Gasteiger partial charge in [-0.25, -0.2) is 0 Å². The molecule has 36 heavy (non-hydrogen) atoms. The maximum absolute atomic E-state index is 13.6. The van der Waals surface area contributed by atoms with Crippen LogP contribution in [0.2, 0.25) is 5.02 Å². The van der Waals surface area contributed by atoms with Crippen molar-refractivity contribution in [1.82, 2.24) is 14.8 Å². The van der Waals surface area contributed by atoms with E-state index in [0.717, 1.165) is 46.5 Å². The minimum Gasteiger partial charge on any atom is -0.368 e. The highest BCUT2D eigenvalue weighted by Gasteiger charge is 2.41. The summed E-state index contributed by atoms with van der Waals surface area (Å²) in [5.74, 6) is -0.115. The van der Waals surface area contributed by atoms with Crippen LogP contribution < -0.4 is 4.90 Å². The van der Waals surface area contributed by atoms with Gasteiger partial charge in [0.05, 0.1) is 6.04 Å². The first-order chi connectivity index (χ1) is 17.5. The van der Waals surface area contributed by atoms with Gasteiger partial charge in [-0.15, -0.1) is 0 Å². The molecule has 1 aromatic heterocycles. The van der Waals surface area contributed by atoms with Crippen LogP contribution in [0, 0.1) is 6.92 Å². The Hall–Kier alpha value is -3.77. The van der Waals surface area contributed by atoms with Gasteiger partial charge in [0.15, 0.2) is 0 Å². The van der Waals surface area contributed by atoms with Crippen molar-refractivity contribution in [1.29, 1.82) is 0 Å². The van der Waals surface area contributed by atoms with E-state index >= 15 is 0 Å². The molecule has 4 aromatic rings. The molecule has 2 aliphatic rings. The monoisotopic (exact) mass is 498 g/mol. The number of carbonyl (C=O) groups excluding carboxylic acids is 2. The number of halogens is 1. The fourth-order valence-electron chi connectivity index (χ4n) is 5.63. The summed E-state index contributed by atoms with van der Waals surface area (Å²) in [5.41, 5.74) is 5.79. The number of anilines is 1. The van der Waals surface area contributed by atoms with Crippen molar-refractivity contribution in [2.24, 2.45) is 0 Å². The molecule has 0 saturated carbocycles. The van der Waals surface area contributed by atoms with Crippen LogP contribution in [0.3, 0.4) is 0 Å². The van der Waals surface area contributed by atoms with Gasteiger partial charge in [-0.05, 0) is 42.8 Å². The van der Waals surface area contributed by atoms with E-state index in [4.69, 9.17) is 11.6 Å². The fraction of sp³-hybridized carbons (Fsp3) is 0.241. The highest BCUT2D eigenvalue weighted by Crippen LogP contribution is 2.42. The smallest absolute Gasteiger partial charge is 0.255 e. The summed E-state index contributed by atoms with van der Waals surface area (Å²) in [7, 11) is 0. The molecule has 1 fully saturated rings. The van der Waals surface area contributed by atoms with Crippen LogP contribution in [0.4, 0.5) is 5.69 Å². The summed E-state index contributed by atoms with van der Waals surface area (Å²) < 4.78 is 0. The van der Waals surface area contributed by atoms with Crippen LogP contribution in [0.1, 0.15) is 33.2 Å². The number of nitrogens with zero attached hydrogens (tertiary/aromatic N) is 3. The standard InChI is InChI=1S/C29H27ClN4O2/c1-19-27(24-11-4-5-12-25(24)31-19)28-22-9-2-3-10-23(22)29(36)34(28)18-26(35)33-15-13-32(14-16-33)21-8-6-7-20(30)17-21/h2-12,17,28,31H,13-16,18H2,1H3/t28-/m1/s1. The number of aromatic nitrogens is 1. The Balaban J connectivity index is 1.26. The lowest BCUT2D eigenvalue weighted by atomic mass is 9.95. The summed E-state index contributed by atoms with van der Waals surface area (Å²) in [6, 6.07) is 23.3. The van der Waals surface area contributed by atoms with E-state index < -0.39 is 0 Å². The van der Waals surface area contributed by atoms with Gasteiger partial charge in [0.25, 0.3) is 5.91 Å². The Bertz CT molecular complexity index is 1470. The third kappa shape index (κ3) is 3.82. The van der Waals surface area contributed by atoms with Gasteiger partial charge in [0.2, 0.25) is 5.91 Å². The third-order valence-corrected chi connectivity index (χ3v) is 7.62. The van der Waals surface area contributed by atoms with Crippen molar-refractivity contribution in [3.05, 3.63) is 100 Å². The molecule has 0 radical (unpaired) electrons. The molecular formula is C29H27ClN4O2. The van der Waals surface area contributed by atoms with E-state index in [-0.39, 0.29) is 24.4 Å². The van der Waals surface area contributed by atoms with Crippen LogP contribution in [0.15, 0.2) is 72.8 Å². The first kappa shape index (κ1) is 22.7. The van der Waals surface area contributed by atoms with Gasteiger partial charge >= 0.3 is 0 Å². The zero-order valence-corrected chi connectivity index (χ0v) is 20.8. The van der Waals surface area contributed by atoms with Crippen molar-refractivity contribution in [2.75, 3.05) is 37.6 Å². The number of para-hydroxylation sites is 1. The topological polar surface area (TPSA) is 59.7 Å². The molecule has 0 spiro atoms. The minimum atomic E-state index is -0.304. The van der Waals surface area contributed by atoms with E-state index in [0.29, 0.717) is 23.7 Å². The quantitative estimate of drug-likeness (QED) is 0.429. The summed E-state index contributed by atoms with van der Waals surface area (Å²) in [6.07, 6.45) is 0. The number of carbonyl (C=O) groups is 2. The fourth-order valence-corrected chi connectivity index (χ4v) is 5.81. The maximum atomic E-state index is 13.6. The van der Waals surface area contributed by atoms with Crippen LogP contribution in [0.25, 0.3) is 10.9 Å². The lowest BCUT2D eigenvalue weighted by Crippen LogP contribution is -2.51. The molecule has 0 bridgehead atoms. The lowest BCUT2D eigenvalue weighted by Gasteiger charge is -2.37. The molecule has 0 aliphatic carbocycles. The minimum absolute atomic E-state index is 0.0237. The highest BCUT2D eigenvalue weighted by molar-refractivity contribution is 6.30. The number of amides is 2. The summed E-state index contributed by atoms with van der Waals surface area (Å²) in [6.45, 7) is 4.76. The molecular weight excluding hydrogens is 472 g/mol. The van der Waals surface area contributed by atoms with Gasteiger partial charge in [-0.1, -0.05) is 54.1 Å². The molecule has 0 unspecified atom stereocenters. The van der Waals surface area contributed by atoms with E-state index in [1.54, 1.807) is 4.90 Å². The molecule has 1 saturated heterocycles. The van der Waals surface area contributed by atoms with Crippen LogP contribution in [-0.2, 0) is 4.79 Å². The molecule has 182 valence electrons. The number of rotatable bonds is 4.